The Morgan fingerprint density at radius 3 is 2.58 bits per heavy atom. The van der Waals surface area contributed by atoms with Crippen LogP contribution in [0.15, 0.2) is 60.0 Å². The third-order valence-corrected chi connectivity index (χ3v) is 2.46. The van der Waals surface area contributed by atoms with Crippen molar-refractivity contribution in [3.8, 4) is 0 Å². The first kappa shape index (κ1) is 12.9. The lowest BCUT2D eigenvalue weighted by atomic mass is 10.1. The maximum absolute atomic E-state index is 11.6. The molecule has 2 rings (SSSR count). The summed E-state index contributed by atoms with van der Waals surface area (Å²) in [4.78, 5) is 15.5. The predicted molar refractivity (Wildman–Crippen MR) is 71.4 cm³/mol. The van der Waals surface area contributed by atoms with E-state index in [9.17, 15) is 9.90 Å². The van der Waals surface area contributed by atoms with Gasteiger partial charge in [-0.25, -0.2) is 5.43 Å². The van der Waals surface area contributed by atoms with E-state index in [1.807, 2.05) is 6.07 Å². The number of nitrogens with zero attached hydrogens (tertiary/aromatic N) is 2. The average molecular weight is 255 g/mol. The van der Waals surface area contributed by atoms with Gasteiger partial charge in [-0.05, 0) is 23.3 Å². The summed E-state index contributed by atoms with van der Waals surface area (Å²) >= 11 is 0. The number of aliphatic hydroxyl groups is 1. The molecule has 5 nitrogen and oxygen atoms in total. The molecule has 1 heterocycles. The van der Waals surface area contributed by atoms with Gasteiger partial charge >= 0.3 is 0 Å². The first-order valence-electron chi connectivity index (χ1n) is 5.73. The molecule has 0 unspecified atom stereocenters. The maximum Gasteiger partial charge on any atom is 0.273 e. The molecule has 2 N–H and O–H groups in total. The second-order valence-electron chi connectivity index (χ2n) is 3.83. The number of carbonyl (C=O) groups is 1. The molecule has 19 heavy (non-hydrogen) atoms. The summed E-state index contributed by atoms with van der Waals surface area (Å²) < 4.78 is 0. The number of carbonyl (C=O) groups excluding carboxylic acids is 1. The highest BCUT2D eigenvalue weighted by atomic mass is 16.3. The highest BCUT2D eigenvalue weighted by molar-refractivity contribution is 5.84. The van der Waals surface area contributed by atoms with Crippen LogP contribution in [0.25, 0.3) is 0 Å². The summed E-state index contributed by atoms with van der Waals surface area (Å²) in [6, 6.07) is 12.2. The molecular formula is C14H13N3O2. The predicted octanol–water partition coefficient (Wildman–Crippen LogP) is 1.27. The van der Waals surface area contributed by atoms with Gasteiger partial charge in [-0.2, -0.15) is 5.10 Å². The molecule has 0 spiro atoms. The zero-order chi connectivity index (χ0) is 13.5. The number of hydrazone groups is 1. The Hall–Kier alpha value is -2.53. The number of rotatable bonds is 4. The van der Waals surface area contributed by atoms with E-state index in [2.05, 4.69) is 15.5 Å². The zero-order valence-corrected chi connectivity index (χ0v) is 10.1. The van der Waals surface area contributed by atoms with E-state index in [1.54, 1.807) is 48.8 Å². The second-order valence-corrected chi connectivity index (χ2v) is 3.83. The van der Waals surface area contributed by atoms with Crippen molar-refractivity contribution in [2.75, 3.05) is 0 Å². The number of aliphatic hydroxyl groups excluding tert-OH is 1. The van der Waals surface area contributed by atoms with Crippen molar-refractivity contribution in [3.63, 3.8) is 0 Å². The topological polar surface area (TPSA) is 74.6 Å². The van der Waals surface area contributed by atoms with Gasteiger partial charge in [0.05, 0.1) is 6.21 Å². The fraction of sp³-hybridized carbons (Fsp3) is 0.0714. The van der Waals surface area contributed by atoms with Crippen molar-refractivity contribution >= 4 is 12.1 Å². The van der Waals surface area contributed by atoms with E-state index in [-0.39, 0.29) is 0 Å². The summed E-state index contributed by atoms with van der Waals surface area (Å²) in [5.41, 5.74) is 3.63. The molecule has 96 valence electrons. The molecule has 0 aliphatic heterocycles. The Bertz CT molecular complexity index is 555. The third kappa shape index (κ3) is 3.72. The van der Waals surface area contributed by atoms with Crippen LogP contribution in [-0.2, 0) is 4.79 Å². The van der Waals surface area contributed by atoms with Crippen molar-refractivity contribution in [1.29, 1.82) is 0 Å². The van der Waals surface area contributed by atoms with Gasteiger partial charge in [-0.15, -0.1) is 0 Å². The van der Waals surface area contributed by atoms with Crippen LogP contribution < -0.4 is 5.43 Å². The number of aromatic nitrogens is 1. The molecule has 0 aliphatic carbocycles. The van der Waals surface area contributed by atoms with Gasteiger partial charge in [0.15, 0.2) is 6.10 Å². The Morgan fingerprint density at radius 2 is 1.89 bits per heavy atom. The average Bonchev–Trinajstić information content (AvgIpc) is 2.48. The SMILES string of the molecule is O=C(NN=Cc1ccncc1)[C@@H](O)c1ccccc1. The Morgan fingerprint density at radius 1 is 1.21 bits per heavy atom. The van der Waals surface area contributed by atoms with E-state index in [1.165, 1.54) is 6.21 Å². The van der Waals surface area contributed by atoms with Crippen molar-refractivity contribution in [1.82, 2.24) is 10.4 Å². The maximum atomic E-state index is 11.6. The molecule has 1 aromatic heterocycles. The van der Waals surface area contributed by atoms with Gasteiger partial charge in [0, 0.05) is 12.4 Å². The van der Waals surface area contributed by atoms with Crippen LogP contribution in [0.1, 0.15) is 17.2 Å². The number of hydrogen-bond donors (Lipinski definition) is 2. The summed E-state index contributed by atoms with van der Waals surface area (Å²) in [5, 5.41) is 13.6. The monoisotopic (exact) mass is 255 g/mol. The van der Waals surface area contributed by atoms with Crippen molar-refractivity contribution in [2.45, 2.75) is 6.10 Å². The van der Waals surface area contributed by atoms with E-state index in [0.29, 0.717) is 5.56 Å². The first-order chi connectivity index (χ1) is 9.27. The van der Waals surface area contributed by atoms with Gasteiger partial charge in [0.25, 0.3) is 5.91 Å². The standard InChI is InChI=1S/C14H13N3O2/c18-13(12-4-2-1-3-5-12)14(19)17-16-10-11-6-8-15-9-7-11/h1-10,13,18H,(H,17,19)/t13-/m0/s1. The smallest absolute Gasteiger partial charge is 0.273 e. The third-order valence-electron chi connectivity index (χ3n) is 2.46. The van der Waals surface area contributed by atoms with Crippen LogP contribution in [0.5, 0.6) is 0 Å². The molecular weight excluding hydrogens is 242 g/mol. The Labute approximate surface area is 110 Å². The van der Waals surface area contributed by atoms with Gasteiger partial charge in [-0.3, -0.25) is 9.78 Å². The Kier molecular flexibility index (Phi) is 4.36. The molecule has 5 heteroatoms. The van der Waals surface area contributed by atoms with Crippen LogP contribution in [0, 0.1) is 0 Å². The number of hydrogen-bond acceptors (Lipinski definition) is 4. The molecule has 1 aromatic carbocycles. The lowest BCUT2D eigenvalue weighted by molar-refractivity contribution is -0.129. The number of nitrogens with one attached hydrogen (secondary N) is 1. The lowest BCUT2D eigenvalue weighted by Crippen LogP contribution is -2.25. The van der Waals surface area contributed by atoms with Gasteiger partial charge in [-0.1, -0.05) is 30.3 Å². The minimum Gasteiger partial charge on any atom is -0.378 e. The van der Waals surface area contributed by atoms with Crippen LogP contribution >= 0.6 is 0 Å². The quantitative estimate of drug-likeness (QED) is 0.638. The molecule has 0 aliphatic rings. The molecule has 1 atom stereocenters. The van der Waals surface area contributed by atoms with Crippen LogP contribution in [0.2, 0.25) is 0 Å². The highest BCUT2D eigenvalue weighted by Crippen LogP contribution is 2.11. The summed E-state index contributed by atoms with van der Waals surface area (Å²) in [6.07, 6.45) is 3.51. The van der Waals surface area contributed by atoms with E-state index >= 15 is 0 Å². The fourth-order valence-electron chi connectivity index (χ4n) is 1.47. The minimum absolute atomic E-state index is 0.527. The minimum atomic E-state index is -1.23. The lowest BCUT2D eigenvalue weighted by Gasteiger charge is -2.08. The van der Waals surface area contributed by atoms with E-state index in [0.717, 1.165) is 5.56 Å². The fourth-order valence-corrected chi connectivity index (χ4v) is 1.47. The largest absolute Gasteiger partial charge is 0.378 e. The van der Waals surface area contributed by atoms with Crippen LogP contribution in [0.3, 0.4) is 0 Å². The van der Waals surface area contributed by atoms with Gasteiger partial charge in [0.2, 0.25) is 0 Å². The molecule has 1 amide bonds. The van der Waals surface area contributed by atoms with E-state index < -0.39 is 12.0 Å². The second kappa shape index (κ2) is 6.42. The van der Waals surface area contributed by atoms with Crippen molar-refractivity contribution in [2.24, 2.45) is 5.10 Å². The Balaban J connectivity index is 1.93. The number of benzene rings is 1. The highest BCUT2D eigenvalue weighted by Gasteiger charge is 2.15. The molecule has 0 fully saturated rings. The van der Waals surface area contributed by atoms with Gasteiger partial charge < -0.3 is 5.11 Å². The van der Waals surface area contributed by atoms with Gasteiger partial charge in [0.1, 0.15) is 0 Å². The molecule has 0 bridgehead atoms. The van der Waals surface area contributed by atoms with Crippen LogP contribution in [0.4, 0.5) is 0 Å². The summed E-state index contributed by atoms with van der Waals surface area (Å²) in [5.74, 6) is -0.573. The summed E-state index contributed by atoms with van der Waals surface area (Å²) in [7, 11) is 0. The van der Waals surface area contributed by atoms with Crippen molar-refractivity contribution < 1.29 is 9.90 Å². The van der Waals surface area contributed by atoms with E-state index in [4.69, 9.17) is 0 Å². The molecule has 2 aromatic rings. The first-order valence-corrected chi connectivity index (χ1v) is 5.73. The zero-order valence-electron chi connectivity index (χ0n) is 10.1. The number of pyridine rings is 1. The van der Waals surface area contributed by atoms with Crippen LogP contribution in [-0.4, -0.2) is 22.2 Å². The van der Waals surface area contributed by atoms with Crippen molar-refractivity contribution in [3.05, 3.63) is 66.0 Å². The summed E-state index contributed by atoms with van der Waals surface area (Å²) in [6.45, 7) is 0. The number of amides is 1. The molecule has 0 radical (unpaired) electrons. The normalized spacial score (nSPS) is 12.3. The molecule has 0 saturated carbocycles. The molecule has 0 saturated heterocycles.